The van der Waals surface area contributed by atoms with Crippen LogP contribution in [0.25, 0.3) is 0 Å². The van der Waals surface area contributed by atoms with Gasteiger partial charge in [-0.15, -0.1) is 0 Å². The van der Waals surface area contributed by atoms with Crippen LogP contribution in [0.3, 0.4) is 0 Å². The summed E-state index contributed by atoms with van der Waals surface area (Å²) in [5.74, 6) is 0. The van der Waals surface area contributed by atoms with Crippen molar-refractivity contribution in [2.24, 2.45) is 5.73 Å². The highest BCUT2D eigenvalue weighted by molar-refractivity contribution is 6.30. The largest absolute Gasteiger partial charge is 0.325 e. The molecule has 2 N–H and O–H groups in total. The Kier molecular flexibility index (Phi) is 4.47. The number of hydrogen-bond acceptors (Lipinski definition) is 1. The van der Waals surface area contributed by atoms with E-state index in [1.54, 1.807) is 0 Å². The molecule has 0 heterocycles. The predicted molar refractivity (Wildman–Crippen MR) is 74.4 cm³/mol. The lowest BCUT2D eigenvalue weighted by Gasteiger charge is -2.31. The third-order valence-electron chi connectivity index (χ3n) is 3.79. The van der Waals surface area contributed by atoms with Gasteiger partial charge in [-0.25, -0.2) is 0 Å². The molecule has 0 saturated heterocycles. The third-order valence-corrected chi connectivity index (χ3v) is 4.03. The fraction of sp³-hybridized carbons (Fsp3) is 0.600. The molecule has 1 nitrogen and oxygen atoms in total. The lowest BCUT2D eigenvalue weighted by atomic mass is 9.80. The van der Waals surface area contributed by atoms with E-state index in [0.29, 0.717) is 0 Å². The van der Waals surface area contributed by atoms with E-state index in [1.165, 1.54) is 37.7 Å². The number of rotatable bonds is 2. The van der Waals surface area contributed by atoms with Crippen LogP contribution in [0.4, 0.5) is 0 Å². The fourth-order valence-corrected chi connectivity index (χ4v) is 3.05. The minimum atomic E-state index is -0.00883. The highest BCUT2D eigenvalue weighted by Crippen LogP contribution is 2.28. The molecule has 0 bridgehead atoms. The Labute approximate surface area is 109 Å². The molecule has 1 saturated carbocycles. The summed E-state index contributed by atoms with van der Waals surface area (Å²) in [6.07, 6.45) is 9.89. The summed E-state index contributed by atoms with van der Waals surface area (Å²) in [6.45, 7) is 0. The maximum Gasteiger partial charge on any atom is 0.0408 e. The van der Waals surface area contributed by atoms with Gasteiger partial charge in [0.05, 0.1) is 0 Å². The van der Waals surface area contributed by atoms with Gasteiger partial charge in [0, 0.05) is 10.6 Å². The second-order valence-corrected chi connectivity index (χ2v) is 5.87. The van der Waals surface area contributed by atoms with E-state index < -0.39 is 0 Å². The van der Waals surface area contributed by atoms with E-state index in [0.717, 1.165) is 24.3 Å². The molecule has 17 heavy (non-hydrogen) atoms. The first kappa shape index (κ1) is 12.9. The van der Waals surface area contributed by atoms with Crippen LogP contribution in [-0.4, -0.2) is 5.54 Å². The Morgan fingerprint density at radius 3 is 2.35 bits per heavy atom. The van der Waals surface area contributed by atoms with Crippen LogP contribution in [-0.2, 0) is 6.42 Å². The summed E-state index contributed by atoms with van der Waals surface area (Å²) in [5.41, 5.74) is 7.84. The summed E-state index contributed by atoms with van der Waals surface area (Å²) >= 11 is 6.03. The quantitative estimate of drug-likeness (QED) is 0.832. The van der Waals surface area contributed by atoms with Crippen LogP contribution < -0.4 is 5.73 Å². The molecule has 1 aliphatic rings. The van der Waals surface area contributed by atoms with E-state index in [9.17, 15) is 0 Å². The number of nitrogens with two attached hydrogens (primary N) is 1. The Morgan fingerprint density at radius 2 is 1.71 bits per heavy atom. The lowest BCUT2D eigenvalue weighted by Crippen LogP contribution is -2.42. The Balaban J connectivity index is 2.03. The average Bonchev–Trinajstić information content (AvgIpc) is 2.24. The summed E-state index contributed by atoms with van der Waals surface area (Å²) in [7, 11) is 0. The van der Waals surface area contributed by atoms with Crippen molar-refractivity contribution in [2.45, 2.75) is 56.9 Å². The SMILES string of the molecule is NC1(Cc2cccc(Cl)c2)CCCCCCC1. The Morgan fingerprint density at radius 1 is 1.06 bits per heavy atom. The monoisotopic (exact) mass is 251 g/mol. The summed E-state index contributed by atoms with van der Waals surface area (Å²) in [6, 6.07) is 8.13. The van der Waals surface area contributed by atoms with Gasteiger partial charge in [0.2, 0.25) is 0 Å². The van der Waals surface area contributed by atoms with E-state index in [2.05, 4.69) is 12.1 Å². The van der Waals surface area contributed by atoms with Crippen LogP contribution in [0.15, 0.2) is 24.3 Å². The van der Waals surface area contributed by atoms with Crippen LogP contribution in [0.1, 0.15) is 50.5 Å². The van der Waals surface area contributed by atoms with E-state index >= 15 is 0 Å². The van der Waals surface area contributed by atoms with Crippen molar-refractivity contribution in [1.29, 1.82) is 0 Å². The molecule has 0 spiro atoms. The molecule has 1 aliphatic carbocycles. The van der Waals surface area contributed by atoms with Crippen LogP contribution >= 0.6 is 11.6 Å². The van der Waals surface area contributed by atoms with Crippen molar-refractivity contribution in [1.82, 2.24) is 0 Å². The van der Waals surface area contributed by atoms with Gasteiger partial charge in [-0.05, 0) is 37.0 Å². The average molecular weight is 252 g/mol. The van der Waals surface area contributed by atoms with Crippen molar-refractivity contribution >= 4 is 11.6 Å². The second-order valence-electron chi connectivity index (χ2n) is 5.44. The molecule has 0 aromatic heterocycles. The topological polar surface area (TPSA) is 26.0 Å². The second kappa shape index (κ2) is 5.88. The highest BCUT2D eigenvalue weighted by atomic mass is 35.5. The van der Waals surface area contributed by atoms with Crippen molar-refractivity contribution < 1.29 is 0 Å². The molecule has 94 valence electrons. The molecule has 2 heteroatoms. The normalized spacial score (nSPS) is 20.6. The molecular weight excluding hydrogens is 230 g/mol. The minimum absolute atomic E-state index is 0.00883. The van der Waals surface area contributed by atoms with Crippen molar-refractivity contribution in [2.75, 3.05) is 0 Å². The van der Waals surface area contributed by atoms with Gasteiger partial charge in [0.25, 0.3) is 0 Å². The number of halogens is 1. The molecule has 0 aliphatic heterocycles. The van der Waals surface area contributed by atoms with E-state index in [-0.39, 0.29) is 5.54 Å². The summed E-state index contributed by atoms with van der Waals surface area (Å²) in [4.78, 5) is 0. The molecule has 1 fully saturated rings. The zero-order valence-electron chi connectivity index (χ0n) is 10.4. The smallest absolute Gasteiger partial charge is 0.0408 e. The third kappa shape index (κ3) is 4.01. The zero-order valence-corrected chi connectivity index (χ0v) is 11.2. The lowest BCUT2D eigenvalue weighted by molar-refractivity contribution is 0.314. The van der Waals surface area contributed by atoms with Crippen molar-refractivity contribution in [3.63, 3.8) is 0 Å². The molecule has 1 aromatic rings. The van der Waals surface area contributed by atoms with Gasteiger partial charge >= 0.3 is 0 Å². The summed E-state index contributed by atoms with van der Waals surface area (Å²) < 4.78 is 0. The molecular formula is C15H22ClN. The van der Waals surface area contributed by atoms with Crippen molar-refractivity contribution in [3.05, 3.63) is 34.9 Å². The van der Waals surface area contributed by atoms with E-state index in [1.807, 2.05) is 12.1 Å². The van der Waals surface area contributed by atoms with Crippen molar-refractivity contribution in [3.8, 4) is 0 Å². The van der Waals surface area contributed by atoms with Crippen LogP contribution in [0.2, 0.25) is 5.02 Å². The van der Waals surface area contributed by atoms with Gasteiger partial charge in [-0.3, -0.25) is 0 Å². The molecule has 0 unspecified atom stereocenters. The highest BCUT2D eigenvalue weighted by Gasteiger charge is 2.25. The van der Waals surface area contributed by atoms with E-state index in [4.69, 9.17) is 17.3 Å². The summed E-state index contributed by atoms with van der Waals surface area (Å²) in [5, 5.41) is 0.817. The van der Waals surface area contributed by atoms with Gasteiger partial charge in [-0.2, -0.15) is 0 Å². The first-order chi connectivity index (χ1) is 8.18. The van der Waals surface area contributed by atoms with Crippen LogP contribution in [0, 0.1) is 0 Å². The van der Waals surface area contributed by atoms with Gasteiger partial charge in [-0.1, -0.05) is 55.8 Å². The maximum absolute atomic E-state index is 6.57. The first-order valence-electron chi connectivity index (χ1n) is 6.71. The van der Waals surface area contributed by atoms with Gasteiger partial charge in [0.1, 0.15) is 0 Å². The maximum atomic E-state index is 6.57. The minimum Gasteiger partial charge on any atom is -0.325 e. The van der Waals surface area contributed by atoms with Gasteiger partial charge in [0.15, 0.2) is 0 Å². The van der Waals surface area contributed by atoms with Gasteiger partial charge < -0.3 is 5.73 Å². The Bertz CT molecular complexity index is 354. The predicted octanol–water partition coefficient (Wildman–Crippen LogP) is 4.32. The van der Waals surface area contributed by atoms with Crippen LogP contribution in [0.5, 0.6) is 0 Å². The molecule has 2 rings (SSSR count). The number of hydrogen-bond donors (Lipinski definition) is 1. The standard InChI is InChI=1S/C15H22ClN/c16-14-8-6-7-13(11-14)12-15(17)9-4-2-1-3-5-10-15/h6-8,11H,1-5,9-10,12,17H2. The molecule has 1 aromatic carbocycles. The molecule has 0 amide bonds. The Hall–Kier alpha value is -0.530. The zero-order chi connectivity index (χ0) is 12.1. The first-order valence-corrected chi connectivity index (χ1v) is 7.09. The molecule has 0 radical (unpaired) electrons. The molecule has 0 atom stereocenters. The number of benzene rings is 1. The fourth-order valence-electron chi connectivity index (χ4n) is 2.84.